The fourth-order valence-corrected chi connectivity index (χ4v) is 5.58. The summed E-state index contributed by atoms with van der Waals surface area (Å²) in [5, 5.41) is 10.3. The lowest BCUT2D eigenvalue weighted by Crippen LogP contribution is -2.44. The molecular weight excluding hydrogens is 526 g/mol. The van der Waals surface area contributed by atoms with Crippen molar-refractivity contribution in [1.82, 2.24) is 25.5 Å². The van der Waals surface area contributed by atoms with Crippen molar-refractivity contribution < 1.29 is 21.9 Å². The summed E-state index contributed by atoms with van der Waals surface area (Å²) in [6.45, 7) is 4.36. The summed E-state index contributed by atoms with van der Waals surface area (Å²) < 4.78 is 62.7. The van der Waals surface area contributed by atoms with Gasteiger partial charge in [0.05, 0.1) is 10.7 Å². The first-order valence-electron chi connectivity index (χ1n) is 11.5. The third-order valence-corrected chi connectivity index (χ3v) is 7.79. The lowest BCUT2D eigenvalue weighted by molar-refractivity contribution is 0.0707. The summed E-state index contributed by atoms with van der Waals surface area (Å²) in [5.74, 6) is -0.511. The lowest BCUT2D eigenvalue weighted by Gasteiger charge is -2.27. The van der Waals surface area contributed by atoms with Gasteiger partial charge in [-0.25, -0.2) is 22.2 Å². The zero-order valence-corrected chi connectivity index (χ0v) is 21.4. The van der Waals surface area contributed by atoms with Crippen LogP contribution in [0.15, 0.2) is 41.3 Å². The quantitative estimate of drug-likeness (QED) is 0.328. The first kappa shape index (κ1) is 25.3. The van der Waals surface area contributed by atoms with Crippen LogP contribution in [0.25, 0.3) is 22.4 Å². The van der Waals surface area contributed by atoms with E-state index in [1.165, 1.54) is 18.2 Å². The maximum atomic E-state index is 14.5. The number of aromatic amines is 1. The Bertz CT molecular complexity index is 1600. The average molecular weight is 549 g/mol. The Morgan fingerprint density at radius 3 is 2.76 bits per heavy atom. The number of rotatable bonds is 6. The van der Waals surface area contributed by atoms with Gasteiger partial charge in [0.1, 0.15) is 22.6 Å². The van der Waals surface area contributed by atoms with Crippen molar-refractivity contribution in [1.29, 1.82) is 0 Å². The van der Waals surface area contributed by atoms with E-state index in [4.69, 9.17) is 16.3 Å². The van der Waals surface area contributed by atoms with Crippen LogP contribution in [-0.4, -0.2) is 53.9 Å². The molecule has 2 aromatic carbocycles. The number of sulfonamides is 1. The maximum Gasteiger partial charge on any atom is 0.264 e. The van der Waals surface area contributed by atoms with E-state index in [1.54, 1.807) is 26.0 Å². The SMILES string of the molecule is Cc1cc(NS(=O)(=O)c2cccc(Cl)c2F)ccc1-c1nc(O[C@@H]2CCNC[C@@H]2F)c2c(C)n[nH]c2n1. The van der Waals surface area contributed by atoms with Gasteiger partial charge in [0.15, 0.2) is 17.3 Å². The standard InChI is InChI=1S/C24H23ClF2N6O3S/c1-12-10-14(33-37(34,35)19-5-3-4-16(25)21(19)27)6-7-15(12)22-29-23-20(13(2)31-32-23)24(30-22)36-18-8-9-28-11-17(18)26/h3-7,10,17-18,28,33H,8-9,11H2,1-2H3,(H,29,30,31,32)/t17-,18+/m0/s1. The number of anilines is 1. The summed E-state index contributed by atoms with van der Waals surface area (Å²) in [5.41, 5.74) is 2.50. The van der Waals surface area contributed by atoms with Crippen molar-refractivity contribution in [2.24, 2.45) is 0 Å². The van der Waals surface area contributed by atoms with Crippen LogP contribution in [0.5, 0.6) is 5.88 Å². The smallest absolute Gasteiger partial charge is 0.264 e. The number of nitrogens with zero attached hydrogens (tertiary/aromatic N) is 3. The molecule has 2 atom stereocenters. The monoisotopic (exact) mass is 548 g/mol. The first-order chi connectivity index (χ1) is 17.6. The van der Waals surface area contributed by atoms with E-state index in [2.05, 4.69) is 30.2 Å². The summed E-state index contributed by atoms with van der Waals surface area (Å²) in [6, 6.07) is 8.48. The molecule has 37 heavy (non-hydrogen) atoms. The molecule has 1 aliphatic rings. The molecule has 13 heteroatoms. The fraction of sp³-hybridized carbons (Fsp3) is 0.292. The molecule has 0 amide bonds. The zero-order valence-electron chi connectivity index (χ0n) is 19.8. The van der Waals surface area contributed by atoms with E-state index in [1.807, 2.05) is 0 Å². The van der Waals surface area contributed by atoms with Gasteiger partial charge in [0.2, 0.25) is 5.88 Å². The Morgan fingerprint density at radius 2 is 2.00 bits per heavy atom. The van der Waals surface area contributed by atoms with Crippen LogP contribution >= 0.6 is 11.6 Å². The Hall–Kier alpha value is -3.35. The lowest BCUT2D eigenvalue weighted by atomic mass is 10.1. The van der Waals surface area contributed by atoms with E-state index in [0.29, 0.717) is 46.6 Å². The number of piperidine rings is 1. The molecule has 4 aromatic rings. The molecule has 0 radical (unpaired) electrons. The van der Waals surface area contributed by atoms with Gasteiger partial charge < -0.3 is 10.1 Å². The molecule has 1 aliphatic heterocycles. The minimum absolute atomic E-state index is 0.200. The van der Waals surface area contributed by atoms with E-state index < -0.39 is 33.0 Å². The molecule has 1 saturated heterocycles. The number of aromatic nitrogens is 4. The Balaban J connectivity index is 1.48. The Labute approximate surface area is 216 Å². The van der Waals surface area contributed by atoms with Gasteiger partial charge >= 0.3 is 0 Å². The van der Waals surface area contributed by atoms with E-state index >= 15 is 0 Å². The number of halogens is 3. The third-order valence-electron chi connectivity index (χ3n) is 6.10. The van der Waals surface area contributed by atoms with Gasteiger partial charge in [0, 0.05) is 17.8 Å². The van der Waals surface area contributed by atoms with Crippen LogP contribution in [0.4, 0.5) is 14.5 Å². The zero-order chi connectivity index (χ0) is 26.3. The molecular formula is C24H23ClF2N6O3S. The van der Waals surface area contributed by atoms with E-state index in [9.17, 15) is 17.2 Å². The molecule has 3 heterocycles. The van der Waals surface area contributed by atoms with Crippen molar-refractivity contribution in [2.75, 3.05) is 17.8 Å². The molecule has 0 bridgehead atoms. The van der Waals surface area contributed by atoms with E-state index in [-0.39, 0.29) is 23.1 Å². The number of benzene rings is 2. The van der Waals surface area contributed by atoms with Gasteiger partial charge in [-0.3, -0.25) is 9.82 Å². The molecule has 0 unspecified atom stereocenters. The summed E-state index contributed by atoms with van der Waals surface area (Å²) in [7, 11) is -4.23. The van der Waals surface area contributed by atoms with Gasteiger partial charge in [-0.2, -0.15) is 10.1 Å². The highest BCUT2D eigenvalue weighted by Gasteiger charge is 2.29. The first-order valence-corrected chi connectivity index (χ1v) is 13.3. The summed E-state index contributed by atoms with van der Waals surface area (Å²) in [4.78, 5) is 8.58. The second kappa shape index (κ2) is 9.84. The molecule has 1 fully saturated rings. The topological polar surface area (TPSA) is 122 Å². The van der Waals surface area contributed by atoms with E-state index in [0.717, 1.165) is 6.07 Å². The number of fused-ring (bicyclic) bond motifs is 1. The minimum atomic E-state index is -4.23. The molecule has 5 rings (SSSR count). The highest BCUT2D eigenvalue weighted by atomic mass is 35.5. The predicted molar refractivity (Wildman–Crippen MR) is 136 cm³/mol. The number of hydrogen-bond donors (Lipinski definition) is 3. The van der Waals surface area contributed by atoms with Crippen molar-refractivity contribution in [3.63, 3.8) is 0 Å². The van der Waals surface area contributed by atoms with Crippen LogP contribution in [0.3, 0.4) is 0 Å². The van der Waals surface area contributed by atoms with Crippen LogP contribution in [0.1, 0.15) is 17.7 Å². The molecule has 194 valence electrons. The second-order valence-corrected chi connectivity index (χ2v) is 10.8. The van der Waals surface area contributed by atoms with Crippen molar-refractivity contribution >= 4 is 38.3 Å². The van der Waals surface area contributed by atoms with Gasteiger partial charge in [0.25, 0.3) is 10.0 Å². The summed E-state index contributed by atoms with van der Waals surface area (Å²) >= 11 is 5.74. The Kier molecular flexibility index (Phi) is 6.73. The maximum absolute atomic E-state index is 14.5. The molecule has 3 N–H and O–H groups in total. The highest BCUT2D eigenvalue weighted by molar-refractivity contribution is 7.92. The van der Waals surface area contributed by atoms with Gasteiger partial charge in [-0.1, -0.05) is 17.7 Å². The molecule has 2 aromatic heterocycles. The van der Waals surface area contributed by atoms with Crippen LogP contribution in [-0.2, 0) is 10.0 Å². The minimum Gasteiger partial charge on any atom is -0.471 e. The number of hydrogen-bond acceptors (Lipinski definition) is 7. The van der Waals surface area contributed by atoms with Crippen LogP contribution < -0.4 is 14.8 Å². The number of aryl methyl sites for hydroxylation is 2. The van der Waals surface area contributed by atoms with Crippen molar-refractivity contribution in [2.45, 2.75) is 37.4 Å². The molecule has 0 saturated carbocycles. The largest absolute Gasteiger partial charge is 0.471 e. The van der Waals surface area contributed by atoms with Gasteiger partial charge in [-0.05, 0) is 62.7 Å². The van der Waals surface area contributed by atoms with Crippen LogP contribution in [0.2, 0.25) is 5.02 Å². The average Bonchev–Trinajstić information content (AvgIpc) is 3.23. The molecule has 0 spiro atoms. The molecule has 0 aliphatic carbocycles. The second-order valence-electron chi connectivity index (χ2n) is 8.74. The normalized spacial score (nSPS) is 18.2. The summed E-state index contributed by atoms with van der Waals surface area (Å²) in [6.07, 6.45) is -1.36. The molecule has 9 nitrogen and oxygen atoms in total. The number of H-pyrrole nitrogens is 1. The van der Waals surface area contributed by atoms with Crippen molar-refractivity contribution in [3.8, 4) is 17.3 Å². The van der Waals surface area contributed by atoms with Crippen LogP contribution in [0, 0.1) is 19.7 Å². The predicted octanol–water partition coefficient (Wildman–Crippen LogP) is 4.31. The number of nitrogens with one attached hydrogen (secondary N) is 3. The number of alkyl halides is 1. The number of ether oxygens (including phenoxy) is 1. The van der Waals surface area contributed by atoms with Crippen molar-refractivity contribution in [3.05, 3.63) is 58.5 Å². The highest BCUT2D eigenvalue weighted by Crippen LogP contribution is 2.32. The third kappa shape index (κ3) is 4.96. The van der Waals surface area contributed by atoms with Gasteiger partial charge in [-0.15, -0.1) is 0 Å². The fourth-order valence-electron chi connectivity index (χ4n) is 4.20. The Morgan fingerprint density at radius 1 is 1.19 bits per heavy atom.